The van der Waals surface area contributed by atoms with E-state index in [-0.39, 0.29) is 0 Å². The van der Waals surface area contributed by atoms with Crippen molar-refractivity contribution in [3.05, 3.63) is 54.6 Å². The van der Waals surface area contributed by atoms with E-state index in [1.165, 1.54) is 36.8 Å². The van der Waals surface area contributed by atoms with Crippen molar-refractivity contribution < 1.29 is 0 Å². The van der Waals surface area contributed by atoms with Crippen LogP contribution in [0.15, 0.2) is 54.6 Å². The zero-order valence-electron chi connectivity index (χ0n) is 12.0. The Kier molecular flexibility index (Phi) is 4.51. The van der Waals surface area contributed by atoms with E-state index in [2.05, 4.69) is 59.2 Å². The van der Waals surface area contributed by atoms with Crippen molar-refractivity contribution in [2.75, 3.05) is 5.32 Å². The maximum atomic E-state index is 5.38. The first-order valence-corrected chi connectivity index (χ1v) is 7.95. The van der Waals surface area contributed by atoms with Gasteiger partial charge in [0, 0.05) is 11.7 Å². The lowest BCUT2D eigenvalue weighted by Crippen LogP contribution is -2.35. The van der Waals surface area contributed by atoms with Gasteiger partial charge in [0.1, 0.15) is 0 Å². The summed E-state index contributed by atoms with van der Waals surface area (Å²) < 4.78 is 0. The van der Waals surface area contributed by atoms with E-state index in [4.69, 9.17) is 12.2 Å². The molecule has 1 aliphatic rings. The molecule has 1 saturated carbocycles. The van der Waals surface area contributed by atoms with Crippen LogP contribution in [0.3, 0.4) is 0 Å². The third-order valence-electron chi connectivity index (χ3n) is 3.94. The van der Waals surface area contributed by atoms with Crippen LogP contribution in [0.1, 0.15) is 25.7 Å². The van der Waals surface area contributed by atoms with Crippen molar-refractivity contribution in [2.45, 2.75) is 31.7 Å². The van der Waals surface area contributed by atoms with E-state index in [1.54, 1.807) is 0 Å². The molecule has 1 aliphatic carbocycles. The summed E-state index contributed by atoms with van der Waals surface area (Å²) in [6.45, 7) is 0. The number of thiocarbonyl (C=S) groups is 1. The molecule has 3 rings (SSSR count). The minimum absolute atomic E-state index is 0.550. The van der Waals surface area contributed by atoms with Crippen molar-refractivity contribution >= 4 is 23.0 Å². The lowest BCUT2D eigenvalue weighted by atomic mass is 10.1. The highest BCUT2D eigenvalue weighted by molar-refractivity contribution is 7.80. The summed E-state index contributed by atoms with van der Waals surface area (Å²) in [5.74, 6) is 0. The van der Waals surface area contributed by atoms with Gasteiger partial charge in [0.15, 0.2) is 5.11 Å². The lowest BCUT2D eigenvalue weighted by molar-refractivity contribution is 0.634. The van der Waals surface area contributed by atoms with Crippen LogP contribution in [0.4, 0.5) is 5.69 Å². The first-order chi connectivity index (χ1) is 10.3. The van der Waals surface area contributed by atoms with Crippen LogP contribution >= 0.6 is 12.2 Å². The molecule has 0 heterocycles. The summed E-state index contributed by atoms with van der Waals surface area (Å²) in [4.78, 5) is 0. The molecule has 21 heavy (non-hydrogen) atoms. The highest BCUT2D eigenvalue weighted by atomic mass is 32.1. The number of hydrogen-bond donors (Lipinski definition) is 2. The Morgan fingerprint density at radius 2 is 1.48 bits per heavy atom. The fourth-order valence-electron chi connectivity index (χ4n) is 2.80. The minimum atomic E-state index is 0.550. The number of benzene rings is 2. The van der Waals surface area contributed by atoms with Gasteiger partial charge in [-0.05, 0) is 48.3 Å². The molecule has 2 N–H and O–H groups in total. The summed E-state index contributed by atoms with van der Waals surface area (Å²) in [6, 6.07) is 19.3. The van der Waals surface area contributed by atoms with E-state index in [9.17, 15) is 0 Å². The van der Waals surface area contributed by atoms with Crippen LogP contribution in [-0.4, -0.2) is 11.2 Å². The molecule has 0 saturated heterocycles. The first kappa shape index (κ1) is 14.1. The van der Waals surface area contributed by atoms with Crippen molar-refractivity contribution in [3.8, 4) is 11.1 Å². The summed E-state index contributed by atoms with van der Waals surface area (Å²) in [6.07, 6.45) is 5.08. The second kappa shape index (κ2) is 6.72. The van der Waals surface area contributed by atoms with Crippen LogP contribution in [0.25, 0.3) is 11.1 Å². The highest BCUT2D eigenvalue weighted by Gasteiger charge is 2.15. The van der Waals surface area contributed by atoms with Crippen LogP contribution in [0, 0.1) is 0 Å². The molecule has 0 aliphatic heterocycles. The molecule has 1 fully saturated rings. The zero-order valence-corrected chi connectivity index (χ0v) is 12.8. The molecule has 0 atom stereocenters. The Morgan fingerprint density at radius 1 is 0.857 bits per heavy atom. The van der Waals surface area contributed by atoms with Gasteiger partial charge in [-0.2, -0.15) is 0 Å². The van der Waals surface area contributed by atoms with Crippen LogP contribution in [0.5, 0.6) is 0 Å². The Balaban J connectivity index is 1.60. The molecule has 0 unspecified atom stereocenters. The SMILES string of the molecule is S=C(Nc1ccc(-c2ccccc2)cc1)NC1CCCC1. The van der Waals surface area contributed by atoms with Gasteiger partial charge in [-0.25, -0.2) is 0 Å². The summed E-state index contributed by atoms with van der Waals surface area (Å²) in [5, 5.41) is 7.39. The van der Waals surface area contributed by atoms with E-state index in [0.29, 0.717) is 6.04 Å². The second-order valence-corrected chi connectivity index (χ2v) is 5.93. The quantitative estimate of drug-likeness (QED) is 0.811. The van der Waals surface area contributed by atoms with E-state index in [0.717, 1.165) is 10.8 Å². The van der Waals surface area contributed by atoms with Gasteiger partial charge in [0.05, 0.1) is 0 Å². The predicted octanol–water partition coefficient (Wildman–Crippen LogP) is 4.58. The van der Waals surface area contributed by atoms with Crippen molar-refractivity contribution in [1.29, 1.82) is 0 Å². The van der Waals surface area contributed by atoms with Crippen LogP contribution in [0.2, 0.25) is 0 Å². The molecule has 0 spiro atoms. The fourth-order valence-corrected chi connectivity index (χ4v) is 3.08. The van der Waals surface area contributed by atoms with Gasteiger partial charge in [0.25, 0.3) is 0 Å². The summed E-state index contributed by atoms with van der Waals surface area (Å²) in [5.41, 5.74) is 3.48. The van der Waals surface area contributed by atoms with Gasteiger partial charge in [-0.1, -0.05) is 55.3 Å². The molecule has 2 aromatic rings. The highest BCUT2D eigenvalue weighted by Crippen LogP contribution is 2.21. The smallest absolute Gasteiger partial charge is 0.170 e. The van der Waals surface area contributed by atoms with Crippen molar-refractivity contribution in [1.82, 2.24) is 5.32 Å². The Morgan fingerprint density at radius 3 is 2.14 bits per heavy atom. The topological polar surface area (TPSA) is 24.1 Å². The molecule has 0 amide bonds. The van der Waals surface area contributed by atoms with Gasteiger partial charge in [-0.15, -0.1) is 0 Å². The summed E-state index contributed by atoms with van der Waals surface area (Å²) in [7, 11) is 0. The second-order valence-electron chi connectivity index (χ2n) is 5.52. The van der Waals surface area contributed by atoms with Gasteiger partial charge >= 0.3 is 0 Å². The molecule has 0 bridgehead atoms. The molecule has 2 nitrogen and oxygen atoms in total. The molecular formula is C18H20N2S. The zero-order chi connectivity index (χ0) is 14.5. The summed E-state index contributed by atoms with van der Waals surface area (Å²) >= 11 is 5.38. The minimum Gasteiger partial charge on any atom is -0.360 e. The molecule has 0 aromatic heterocycles. The van der Waals surface area contributed by atoms with Crippen LogP contribution < -0.4 is 10.6 Å². The van der Waals surface area contributed by atoms with Crippen molar-refractivity contribution in [3.63, 3.8) is 0 Å². The average Bonchev–Trinajstić information content (AvgIpc) is 3.02. The van der Waals surface area contributed by atoms with Gasteiger partial charge in [0.2, 0.25) is 0 Å². The first-order valence-electron chi connectivity index (χ1n) is 7.54. The average molecular weight is 296 g/mol. The van der Waals surface area contributed by atoms with Gasteiger partial charge in [-0.3, -0.25) is 0 Å². The standard InChI is InChI=1S/C18H20N2S/c21-18(19-16-8-4-5-9-16)20-17-12-10-15(11-13-17)14-6-2-1-3-7-14/h1-3,6-7,10-13,16H,4-5,8-9H2,(H2,19,20,21). The number of anilines is 1. The van der Waals surface area contributed by atoms with E-state index in [1.807, 2.05) is 6.07 Å². The Labute approximate surface area is 131 Å². The molecule has 2 aromatic carbocycles. The molecular weight excluding hydrogens is 276 g/mol. The van der Waals surface area contributed by atoms with Crippen LogP contribution in [-0.2, 0) is 0 Å². The number of hydrogen-bond acceptors (Lipinski definition) is 1. The molecule has 0 radical (unpaired) electrons. The predicted molar refractivity (Wildman–Crippen MR) is 93.5 cm³/mol. The Hall–Kier alpha value is -1.87. The molecule has 3 heteroatoms. The third kappa shape index (κ3) is 3.82. The van der Waals surface area contributed by atoms with Crippen molar-refractivity contribution in [2.24, 2.45) is 0 Å². The Bertz CT molecular complexity index is 586. The van der Waals surface area contributed by atoms with Gasteiger partial charge < -0.3 is 10.6 Å². The number of rotatable bonds is 3. The third-order valence-corrected chi connectivity index (χ3v) is 4.16. The maximum absolute atomic E-state index is 5.38. The fraction of sp³-hybridized carbons (Fsp3) is 0.278. The lowest BCUT2D eigenvalue weighted by Gasteiger charge is -2.15. The normalized spacial score (nSPS) is 14.9. The largest absolute Gasteiger partial charge is 0.360 e. The van der Waals surface area contributed by atoms with E-state index >= 15 is 0 Å². The number of nitrogens with one attached hydrogen (secondary N) is 2. The van der Waals surface area contributed by atoms with E-state index < -0.39 is 0 Å². The molecule has 108 valence electrons. The monoisotopic (exact) mass is 296 g/mol. The maximum Gasteiger partial charge on any atom is 0.170 e.